The minimum absolute atomic E-state index is 0.0173. The Morgan fingerprint density at radius 3 is 2.70 bits per heavy atom. The Kier molecular flexibility index (Phi) is 4.89. The molecule has 2 heterocycles. The van der Waals surface area contributed by atoms with Crippen LogP contribution in [0.25, 0.3) is 0 Å². The van der Waals surface area contributed by atoms with Gasteiger partial charge in [-0.15, -0.1) is 0 Å². The van der Waals surface area contributed by atoms with E-state index in [2.05, 4.69) is 20.2 Å². The molecule has 0 aliphatic carbocycles. The number of likely N-dealkylation sites (tertiary alicyclic amines) is 1. The number of carbonyl (C=O) groups excluding carboxylic acids is 1. The van der Waals surface area contributed by atoms with Gasteiger partial charge in [0.1, 0.15) is 5.69 Å². The molecule has 1 aliphatic rings. The molecule has 0 spiro atoms. The van der Waals surface area contributed by atoms with Gasteiger partial charge in [0.15, 0.2) is 0 Å². The summed E-state index contributed by atoms with van der Waals surface area (Å²) < 4.78 is 0. The zero-order chi connectivity index (χ0) is 14.5. The summed E-state index contributed by atoms with van der Waals surface area (Å²) in [6.07, 6.45) is 2.17. The van der Waals surface area contributed by atoms with Crippen molar-refractivity contribution < 1.29 is 4.79 Å². The highest BCUT2D eigenvalue weighted by Gasteiger charge is 2.21. The number of aryl methyl sites for hydroxylation is 1. The highest BCUT2D eigenvalue weighted by molar-refractivity contribution is 5.92. The topological polar surface area (TPSA) is 61.4 Å². The summed E-state index contributed by atoms with van der Waals surface area (Å²) in [5.41, 5.74) is 1.31. The molecule has 1 amide bonds. The summed E-state index contributed by atoms with van der Waals surface area (Å²) in [6, 6.07) is 1.76. The first kappa shape index (κ1) is 14.7. The van der Waals surface area contributed by atoms with Crippen LogP contribution in [-0.2, 0) is 0 Å². The Balaban J connectivity index is 2.05. The number of amides is 1. The molecule has 20 heavy (non-hydrogen) atoms. The van der Waals surface area contributed by atoms with Crippen molar-refractivity contribution in [2.24, 2.45) is 0 Å². The SMILES string of the molecule is Cc1cc(C(=O)N2CCCC2)nc(NCCN(C)C)n1. The fourth-order valence-electron chi connectivity index (χ4n) is 2.23. The standard InChI is InChI=1S/C14H23N5O/c1-11-10-12(13(20)19-7-4-5-8-19)17-14(16-11)15-6-9-18(2)3/h10H,4-9H2,1-3H3,(H,15,16,17). The molecule has 1 aromatic heterocycles. The molecule has 1 N–H and O–H groups in total. The molecule has 1 aromatic rings. The van der Waals surface area contributed by atoms with E-state index in [4.69, 9.17) is 0 Å². The third-order valence-corrected chi connectivity index (χ3v) is 3.31. The molecule has 6 heteroatoms. The molecular formula is C14H23N5O. The molecule has 0 bridgehead atoms. The predicted octanol–water partition coefficient (Wildman–Crippen LogP) is 0.995. The number of nitrogens with zero attached hydrogens (tertiary/aromatic N) is 4. The molecule has 1 fully saturated rings. The van der Waals surface area contributed by atoms with Gasteiger partial charge in [0.05, 0.1) is 0 Å². The molecule has 0 radical (unpaired) electrons. The number of rotatable bonds is 5. The van der Waals surface area contributed by atoms with E-state index in [0.29, 0.717) is 11.6 Å². The minimum Gasteiger partial charge on any atom is -0.353 e. The first-order chi connectivity index (χ1) is 9.56. The Morgan fingerprint density at radius 2 is 2.05 bits per heavy atom. The first-order valence-electron chi connectivity index (χ1n) is 7.10. The second-order valence-electron chi connectivity index (χ2n) is 5.45. The van der Waals surface area contributed by atoms with Crippen molar-refractivity contribution >= 4 is 11.9 Å². The highest BCUT2D eigenvalue weighted by atomic mass is 16.2. The van der Waals surface area contributed by atoms with E-state index in [-0.39, 0.29) is 5.91 Å². The van der Waals surface area contributed by atoms with Gasteiger partial charge >= 0.3 is 0 Å². The summed E-state index contributed by atoms with van der Waals surface area (Å²) >= 11 is 0. The van der Waals surface area contributed by atoms with Crippen molar-refractivity contribution in [2.75, 3.05) is 45.6 Å². The maximum absolute atomic E-state index is 12.3. The average molecular weight is 277 g/mol. The zero-order valence-electron chi connectivity index (χ0n) is 12.5. The lowest BCUT2D eigenvalue weighted by molar-refractivity contribution is 0.0787. The van der Waals surface area contributed by atoms with Crippen LogP contribution in [0.1, 0.15) is 29.0 Å². The molecule has 6 nitrogen and oxygen atoms in total. The van der Waals surface area contributed by atoms with E-state index in [0.717, 1.165) is 44.7 Å². The fourth-order valence-corrected chi connectivity index (χ4v) is 2.23. The number of anilines is 1. The van der Waals surface area contributed by atoms with Gasteiger partial charge in [0, 0.05) is 31.9 Å². The summed E-state index contributed by atoms with van der Waals surface area (Å²) in [7, 11) is 4.03. The van der Waals surface area contributed by atoms with Gasteiger partial charge in [0.2, 0.25) is 5.95 Å². The number of hydrogen-bond donors (Lipinski definition) is 1. The lowest BCUT2D eigenvalue weighted by atomic mass is 10.3. The Morgan fingerprint density at radius 1 is 1.35 bits per heavy atom. The van der Waals surface area contributed by atoms with Crippen LogP contribution in [0.4, 0.5) is 5.95 Å². The second kappa shape index (κ2) is 6.65. The van der Waals surface area contributed by atoms with Crippen molar-refractivity contribution in [2.45, 2.75) is 19.8 Å². The summed E-state index contributed by atoms with van der Waals surface area (Å²) in [5.74, 6) is 0.554. The van der Waals surface area contributed by atoms with E-state index >= 15 is 0 Å². The molecular weight excluding hydrogens is 254 g/mol. The van der Waals surface area contributed by atoms with Crippen LogP contribution in [0, 0.1) is 6.92 Å². The third-order valence-electron chi connectivity index (χ3n) is 3.31. The van der Waals surface area contributed by atoms with Crippen molar-refractivity contribution in [3.8, 4) is 0 Å². The van der Waals surface area contributed by atoms with E-state index in [1.54, 1.807) is 6.07 Å². The van der Waals surface area contributed by atoms with Crippen molar-refractivity contribution in [3.63, 3.8) is 0 Å². The van der Waals surface area contributed by atoms with Crippen LogP contribution in [-0.4, -0.2) is 65.9 Å². The van der Waals surface area contributed by atoms with Gasteiger partial charge < -0.3 is 15.1 Å². The van der Waals surface area contributed by atoms with Crippen molar-refractivity contribution in [1.82, 2.24) is 19.8 Å². The highest BCUT2D eigenvalue weighted by Crippen LogP contribution is 2.13. The first-order valence-corrected chi connectivity index (χ1v) is 7.10. The van der Waals surface area contributed by atoms with E-state index in [9.17, 15) is 4.79 Å². The van der Waals surface area contributed by atoms with Crippen LogP contribution in [0.2, 0.25) is 0 Å². The molecule has 0 unspecified atom stereocenters. The van der Waals surface area contributed by atoms with Gasteiger partial charge in [-0.25, -0.2) is 9.97 Å². The zero-order valence-corrected chi connectivity index (χ0v) is 12.5. The van der Waals surface area contributed by atoms with E-state index in [1.807, 2.05) is 25.9 Å². The van der Waals surface area contributed by atoms with Gasteiger partial charge in [-0.3, -0.25) is 4.79 Å². The number of hydrogen-bond acceptors (Lipinski definition) is 5. The predicted molar refractivity (Wildman–Crippen MR) is 79.0 cm³/mol. The van der Waals surface area contributed by atoms with E-state index in [1.165, 1.54) is 0 Å². The summed E-state index contributed by atoms with van der Waals surface area (Å²) in [4.78, 5) is 25.0. The Hall–Kier alpha value is -1.69. The summed E-state index contributed by atoms with van der Waals surface area (Å²) in [6.45, 7) is 5.22. The normalized spacial score (nSPS) is 14.9. The summed E-state index contributed by atoms with van der Waals surface area (Å²) in [5, 5.41) is 3.17. The van der Waals surface area contributed by atoms with Crippen LogP contribution >= 0.6 is 0 Å². The van der Waals surface area contributed by atoms with Crippen LogP contribution in [0.5, 0.6) is 0 Å². The number of aromatic nitrogens is 2. The largest absolute Gasteiger partial charge is 0.353 e. The van der Waals surface area contributed by atoms with E-state index < -0.39 is 0 Å². The average Bonchev–Trinajstić information content (AvgIpc) is 2.90. The van der Waals surface area contributed by atoms with Crippen LogP contribution < -0.4 is 5.32 Å². The molecule has 0 saturated carbocycles. The Bertz CT molecular complexity index is 469. The van der Waals surface area contributed by atoms with Gasteiger partial charge in [0.25, 0.3) is 5.91 Å². The Labute approximate surface area is 120 Å². The smallest absolute Gasteiger partial charge is 0.272 e. The maximum atomic E-state index is 12.3. The van der Waals surface area contributed by atoms with Gasteiger partial charge in [-0.1, -0.05) is 0 Å². The maximum Gasteiger partial charge on any atom is 0.272 e. The minimum atomic E-state index is 0.0173. The number of carbonyl (C=O) groups is 1. The number of nitrogens with one attached hydrogen (secondary N) is 1. The van der Waals surface area contributed by atoms with Crippen LogP contribution in [0.15, 0.2) is 6.07 Å². The lowest BCUT2D eigenvalue weighted by Crippen LogP contribution is -2.29. The van der Waals surface area contributed by atoms with Crippen molar-refractivity contribution in [1.29, 1.82) is 0 Å². The molecule has 1 aliphatic heterocycles. The quantitative estimate of drug-likeness (QED) is 0.870. The fraction of sp³-hybridized carbons (Fsp3) is 0.643. The van der Waals surface area contributed by atoms with Crippen molar-refractivity contribution in [3.05, 3.63) is 17.5 Å². The molecule has 0 aromatic carbocycles. The monoisotopic (exact) mass is 277 g/mol. The van der Waals surface area contributed by atoms with Crippen LogP contribution in [0.3, 0.4) is 0 Å². The molecule has 2 rings (SSSR count). The third kappa shape index (κ3) is 3.90. The molecule has 1 saturated heterocycles. The second-order valence-corrected chi connectivity index (χ2v) is 5.45. The number of likely N-dealkylation sites (N-methyl/N-ethyl adjacent to an activating group) is 1. The van der Waals surface area contributed by atoms with Gasteiger partial charge in [-0.05, 0) is 39.9 Å². The lowest BCUT2D eigenvalue weighted by Gasteiger charge is -2.16. The van der Waals surface area contributed by atoms with Gasteiger partial charge in [-0.2, -0.15) is 0 Å². The molecule has 110 valence electrons. The molecule has 0 atom stereocenters.